The minimum absolute atomic E-state index is 0.0531. The molecule has 25 heavy (non-hydrogen) atoms. The fraction of sp³-hybridized carbons (Fsp3) is 0.529. The van der Waals surface area contributed by atoms with Gasteiger partial charge in [0.25, 0.3) is 5.91 Å². The monoisotopic (exact) mass is 366 g/mol. The minimum atomic E-state index is -0.632. The van der Waals surface area contributed by atoms with Crippen LogP contribution in [0.3, 0.4) is 0 Å². The van der Waals surface area contributed by atoms with Crippen molar-refractivity contribution in [3.05, 3.63) is 29.8 Å². The predicted molar refractivity (Wildman–Crippen MR) is 94.2 cm³/mol. The maximum atomic E-state index is 12.5. The standard InChI is InChI=1S/C17H23ClN4O3/c1-20-17(24)16(18)14(9-19-20)21-7-8-22(15(23)11-21)10-12-3-5-13(25-2)6-4-12/h3-6,14,16,19H,7-11H2,1-2H3. The Kier molecular flexibility index (Phi) is 5.46. The van der Waals surface area contributed by atoms with Crippen LogP contribution in [0.25, 0.3) is 0 Å². The summed E-state index contributed by atoms with van der Waals surface area (Å²) in [5, 5.41) is 0.780. The lowest BCUT2D eigenvalue weighted by atomic mass is 10.1. The molecular formula is C17H23ClN4O3. The molecule has 0 radical (unpaired) electrons. The Morgan fingerprint density at radius 1 is 1.24 bits per heavy atom. The van der Waals surface area contributed by atoms with Crippen molar-refractivity contribution in [3.8, 4) is 5.75 Å². The van der Waals surface area contributed by atoms with Crippen molar-refractivity contribution in [2.45, 2.75) is 18.0 Å². The number of nitrogens with one attached hydrogen (secondary N) is 1. The van der Waals surface area contributed by atoms with Crippen LogP contribution in [-0.2, 0) is 16.1 Å². The first-order chi connectivity index (χ1) is 12.0. The number of hydrogen-bond acceptors (Lipinski definition) is 5. The maximum Gasteiger partial charge on any atom is 0.256 e. The number of carbonyl (C=O) groups is 2. The van der Waals surface area contributed by atoms with Crippen molar-refractivity contribution >= 4 is 23.4 Å². The molecule has 0 saturated carbocycles. The van der Waals surface area contributed by atoms with Crippen LogP contribution in [0.15, 0.2) is 24.3 Å². The van der Waals surface area contributed by atoms with Crippen LogP contribution in [0.2, 0.25) is 0 Å². The maximum absolute atomic E-state index is 12.5. The van der Waals surface area contributed by atoms with Gasteiger partial charge in [-0.3, -0.25) is 19.5 Å². The van der Waals surface area contributed by atoms with Gasteiger partial charge in [-0.05, 0) is 17.7 Å². The molecular weight excluding hydrogens is 344 g/mol. The quantitative estimate of drug-likeness (QED) is 0.776. The van der Waals surface area contributed by atoms with E-state index in [1.54, 1.807) is 14.2 Å². The van der Waals surface area contributed by atoms with Crippen molar-refractivity contribution in [1.82, 2.24) is 20.2 Å². The number of methoxy groups -OCH3 is 1. The third kappa shape index (κ3) is 3.89. The molecule has 2 atom stereocenters. The van der Waals surface area contributed by atoms with E-state index in [1.165, 1.54) is 5.01 Å². The Bertz CT molecular complexity index is 639. The van der Waals surface area contributed by atoms with Gasteiger partial charge in [0.05, 0.1) is 13.7 Å². The second kappa shape index (κ2) is 7.59. The number of halogens is 1. The van der Waals surface area contributed by atoms with E-state index in [2.05, 4.69) is 5.43 Å². The molecule has 136 valence electrons. The molecule has 2 aliphatic heterocycles. The smallest absolute Gasteiger partial charge is 0.256 e. The van der Waals surface area contributed by atoms with Crippen LogP contribution >= 0.6 is 11.6 Å². The van der Waals surface area contributed by atoms with Crippen molar-refractivity contribution in [1.29, 1.82) is 0 Å². The van der Waals surface area contributed by atoms with Gasteiger partial charge in [-0.1, -0.05) is 12.1 Å². The molecule has 0 aromatic heterocycles. The van der Waals surface area contributed by atoms with E-state index in [9.17, 15) is 9.59 Å². The molecule has 2 amide bonds. The summed E-state index contributed by atoms with van der Waals surface area (Å²) in [5.41, 5.74) is 4.07. The van der Waals surface area contributed by atoms with Crippen LogP contribution in [0.5, 0.6) is 5.75 Å². The third-order valence-corrected chi connectivity index (χ3v) is 5.27. The lowest BCUT2D eigenvalue weighted by molar-refractivity contribution is -0.143. The molecule has 2 heterocycles. The highest BCUT2D eigenvalue weighted by Crippen LogP contribution is 2.20. The van der Waals surface area contributed by atoms with Crippen molar-refractivity contribution in [2.24, 2.45) is 0 Å². The van der Waals surface area contributed by atoms with Gasteiger partial charge >= 0.3 is 0 Å². The highest BCUT2D eigenvalue weighted by atomic mass is 35.5. The lowest BCUT2D eigenvalue weighted by Crippen LogP contribution is -2.65. The van der Waals surface area contributed by atoms with Gasteiger partial charge < -0.3 is 9.64 Å². The van der Waals surface area contributed by atoms with Gasteiger partial charge in [0.1, 0.15) is 11.1 Å². The van der Waals surface area contributed by atoms with Crippen molar-refractivity contribution in [2.75, 3.05) is 40.3 Å². The van der Waals surface area contributed by atoms with E-state index in [4.69, 9.17) is 16.3 Å². The summed E-state index contributed by atoms with van der Waals surface area (Å²) in [5.74, 6) is 0.691. The van der Waals surface area contributed by atoms with Crippen LogP contribution in [0.4, 0.5) is 0 Å². The molecule has 1 aromatic carbocycles. The van der Waals surface area contributed by atoms with E-state index in [0.29, 0.717) is 26.2 Å². The summed E-state index contributed by atoms with van der Waals surface area (Å²) in [6.45, 7) is 2.74. The van der Waals surface area contributed by atoms with Gasteiger partial charge in [-0.2, -0.15) is 0 Å². The fourth-order valence-corrected chi connectivity index (χ4v) is 3.60. The van der Waals surface area contributed by atoms with Gasteiger partial charge in [0.2, 0.25) is 5.91 Å². The van der Waals surface area contributed by atoms with Gasteiger partial charge in [-0.15, -0.1) is 11.6 Å². The Labute approximate surface area is 152 Å². The Morgan fingerprint density at radius 3 is 2.60 bits per heavy atom. The predicted octanol–water partition coefficient (Wildman–Crippen LogP) is 0.292. The molecule has 2 saturated heterocycles. The van der Waals surface area contributed by atoms with Crippen molar-refractivity contribution in [3.63, 3.8) is 0 Å². The zero-order chi connectivity index (χ0) is 18.0. The van der Waals surface area contributed by atoms with E-state index in [0.717, 1.165) is 11.3 Å². The summed E-state index contributed by atoms with van der Waals surface area (Å²) in [7, 11) is 3.29. The summed E-state index contributed by atoms with van der Waals surface area (Å²) in [6.07, 6.45) is 0. The molecule has 7 nitrogen and oxygen atoms in total. The van der Waals surface area contributed by atoms with Crippen LogP contribution in [0.1, 0.15) is 5.56 Å². The van der Waals surface area contributed by atoms with Gasteiger partial charge in [0, 0.05) is 39.3 Å². The zero-order valence-corrected chi connectivity index (χ0v) is 15.2. The topological polar surface area (TPSA) is 65.1 Å². The van der Waals surface area contributed by atoms with Gasteiger partial charge in [0.15, 0.2) is 0 Å². The first-order valence-electron chi connectivity index (χ1n) is 8.29. The molecule has 0 spiro atoms. The van der Waals surface area contributed by atoms with E-state index < -0.39 is 5.38 Å². The molecule has 1 aromatic rings. The largest absolute Gasteiger partial charge is 0.497 e. The third-order valence-electron chi connectivity index (χ3n) is 4.79. The summed E-state index contributed by atoms with van der Waals surface area (Å²) < 4.78 is 5.15. The van der Waals surface area contributed by atoms with E-state index in [-0.39, 0.29) is 24.4 Å². The number of rotatable bonds is 4. The molecule has 2 aliphatic rings. The minimum Gasteiger partial charge on any atom is -0.497 e. The highest BCUT2D eigenvalue weighted by molar-refractivity contribution is 6.31. The van der Waals surface area contributed by atoms with E-state index in [1.807, 2.05) is 34.1 Å². The van der Waals surface area contributed by atoms with Crippen LogP contribution < -0.4 is 10.2 Å². The number of piperazine rings is 1. The number of alkyl halides is 1. The van der Waals surface area contributed by atoms with Crippen LogP contribution in [0, 0.1) is 0 Å². The van der Waals surface area contributed by atoms with Gasteiger partial charge in [-0.25, -0.2) is 5.43 Å². The van der Waals surface area contributed by atoms with E-state index >= 15 is 0 Å². The number of hydrogen-bond donors (Lipinski definition) is 1. The lowest BCUT2D eigenvalue weighted by Gasteiger charge is -2.43. The molecule has 2 fully saturated rings. The molecule has 8 heteroatoms. The number of hydrazine groups is 1. The highest BCUT2D eigenvalue weighted by Gasteiger charge is 2.39. The Hall–Kier alpha value is -1.83. The normalized spacial score (nSPS) is 25.4. The number of benzene rings is 1. The number of carbonyl (C=O) groups excluding carboxylic acids is 2. The molecule has 0 aliphatic carbocycles. The molecule has 1 N–H and O–H groups in total. The average molecular weight is 367 g/mol. The van der Waals surface area contributed by atoms with Crippen LogP contribution in [-0.4, -0.2) is 78.4 Å². The molecule has 3 rings (SSSR count). The number of nitrogens with zero attached hydrogens (tertiary/aromatic N) is 3. The average Bonchev–Trinajstić information content (AvgIpc) is 2.62. The second-order valence-corrected chi connectivity index (χ2v) is 6.83. The molecule has 2 unspecified atom stereocenters. The fourth-order valence-electron chi connectivity index (χ4n) is 3.20. The van der Waals surface area contributed by atoms with Crippen molar-refractivity contribution < 1.29 is 14.3 Å². The summed E-state index contributed by atoms with van der Waals surface area (Å²) >= 11 is 6.29. The Morgan fingerprint density at radius 2 is 1.96 bits per heavy atom. The summed E-state index contributed by atoms with van der Waals surface area (Å²) in [6, 6.07) is 7.55. The first kappa shape index (κ1) is 18.0. The molecule has 0 bridgehead atoms. The first-order valence-corrected chi connectivity index (χ1v) is 8.73. The number of amides is 2. The Balaban J connectivity index is 1.58. The summed E-state index contributed by atoms with van der Waals surface area (Å²) in [4.78, 5) is 28.4. The number of ether oxygens (including phenoxy) is 1. The second-order valence-electron chi connectivity index (χ2n) is 6.36. The zero-order valence-electron chi connectivity index (χ0n) is 14.4. The SMILES string of the molecule is COc1ccc(CN2CCN(C3CNN(C)C(=O)C3Cl)CC2=O)cc1.